The number of carboxylic acids is 1. The molecule has 1 N–H and O–H groups in total. The predicted molar refractivity (Wildman–Crippen MR) is 72.7 cm³/mol. The maximum absolute atomic E-state index is 12.7. The van der Waals surface area contributed by atoms with Crippen LogP contribution in [0.4, 0.5) is 0 Å². The number of carboxylic acid groups (broad SMARTS) is 1. The third kappa shape index (κ3) is 2.85. The van der Waals surface area contributed by atoms with Crippen LogP contribution in [0.15, 0.2) is 10.5 Å². The molecule has 0 aromatic rings. The van der Waals surface area contributed by atoms with Gasteiger partial charge in [0.25, 0.3) is 0 Å². The molecular weight excluding hydrogens is 248 g/mol. The second kappa shape index (κ2) is 6.00. The van der Waals surface area contributed by atoms with Gasteiger partial charge in [-0.2, -0.15) is 0 Å². The zero-order valence-corrected chi connectivity index (χ0v) is 11.8. The van der Waals surface area contributed by atoms with Crippen LogP contribution >= 0.6 is 0 Å². The quantitative estimate of drug-likeness (QED) is 0.856. The van der Waals surface area contributed by atoms with E-state index in [4.69, 9.17) is 0 Å². The molecule has 18 heavy (non-hydrogen) atoms. The van der Waals surface area contributed by atoms with Crippen molar-refractivity contribution in [3.63, 3.8) is 0 Å². The lowest BCUT2D eigenvalue weighted by Gasteiger charge is -2.30. The van der Waals surface area contributed by atoms with Crippen LogP contribution in [0.1, 0.15) is 58.3 Å². The van der Waals surface area contributed by atoms with Crippen LogP contribution in [0.25, 0.3) is 0 Å². The Bertz CT molecular complexity index is 387. The van der Waals surface area contributed by atoms with Crippen LogP contribution in [0.2, 0.25) is 0 Å². The first-order valence-electron chi connectivity index (χ1n) is 6.97. The summed E-state index contributed by atoms with van der Waals surface area (Å²) in [6.07, 6.45) is 7.70. The standard InChI is InChI=1S/C14H22O3S/c1-10-6-2-4-8-12(10)18(17)13-9-5-3-7-11(13)14(15)16/h10,12H,2-9H2,1H3,(H,15,16). The molecule has 4 heteroatoms. The zero-order chi connectivity index (χ0) is 13.1. The van der Waals surface area contributed by atoms with Gasteiger partial charge in [0.2, 0.25) is 0 Å². The highest BCUT2D eigenvalue weighted by Crippen LogP contribution is 2.35. The molecule has 1 fully saturated rings. The average molecular weight is 270 g/mol. The molecule has 0 saturated heterocycles. The summed E-state index contributed by atoms with van der Waals surface area (Å²) >= 11 is 0. The number of carbonyl (C=O) groups is 1. The van der Waals surface area contributed by atoms with Crippen LogP contribution in [0, 0.1) is 5.92 Å². The van der Waals surface area contributed by atoms with Crippen LogP contribution in [-0.4, -0.2) is 20.5 Å². The summed E-state index contributed by atoms with van der Waals surface area (Å²) in [6, 6.07) is 0. The summed E-state index contributed by atoms with van der Waals surface area (Å²) in [5, 5.41) is 9.41. The Balaban J connectivity index is 2.22. The summed E-state index contributed by atoms with van der Waals surface area (Å²) in [5.41, 5.74) is 0.442. The van der Waals surface area contributed by atoms with Crippen molar-refractivity contribution in [3.8, 4) is 0 Å². The van der Waals surface area contributed by atoms with E-state index in [1.165, 1.54) is 6.42 Å². The van der Waals surface area contributed by atoms with Crippen LogP contribution in [-0.2, 0) is 15.6 Å². The smallest absolute Gasteiger partial charge is 0.332 e. The molecule has 0 radical (unpaired) electrons. The molecule has 2 rings (SSSR count). The van der Waals surface area contributed by atoms with Gasteiger partial charge in [-0.25, -0.2) is 4.79 Å². The normalized spacial score (nSPS) is 31.2. The van der Waals surface area contributed by atoms with E-state index < -0.39 is 16.8 Å². The highest BCUT2D eigenvalue weighted by molar-refractivity contribution is 7.89. The minimum atomic E-state index is -1.07. The van der Waals surface area contributed by atoms with Crippen molar-refractivity contribution in [1.82, 2.24) is 0 Å². The molecule has 2 aliphatic carbocycles. The van der Waals surface area contributed by atoms with E-state index in [9.17, 15) is 14.1 Å². The fraction of sp³-hybridized carbons (Fsp3) is 0.786. The largest absolute Gasteiger partial charge is 0.478 e. The van der Waals surface area contributed by atoms with Gasteiger partial charge in [0.05, 0.1) is 10.8 Å². The Morgan fingerprint density at radius 1 is 1.17 bits per heavy atom. The molecule has 1 saturated carbocycles. The van der Waals surface area contributed by atoms with Crippen molar-refractivity contribution < 1.29 is 14.1 Å². The number of allylic oxidation sites excluding steroid dienone is 1. The predicted octanol–water partition coefficient (Wildman–Crippen LogP) is 3.23. The molecule has 3 nitrogen and oxygen atoms in total. The lowest BCUT2D eigenvalue weighted by molar-refractivity contribution is -0.132. The Labute approximate surface area is 111 Å². The average Bonchev–Trinajstić information content (AvgIpc) is 2.38. The lowest BCUT2D eigenvalue weighted by atomic mass is 9.90. The van der Waals surface area contributed by atoms with Crippen molar-refractivity contribution >= 4 is 16.8 Å². The van der Waals surface area contributed by atoms with E-state index in [-0.39, 0.29) is 5.25 Å². The van der Waals surface area contributed by atoms with Gasteiger partial charge < -0.3 is 5.11 Å². The fourth-order valence-electron chi connectivity index (χ4n) is 3.11. The first-order valence-corrected chi connectivity index (χ1v) is 8.18. The lowest BCUT2D eigenvalue weighted by Crippen LogP contribution is -2.29. The Kier molecular flexibility index (Phi) is 4.60. The summed E-state index contributed by atoms with van der Waals surface area (Å²) in [5.74, 6) is -0.398. The van der Waals surface area contributed by atoms with Crippen LogP contribution in [0.5, 0.6) is 0 Å². The minimum Gasteiger partial charge on any atom is -0.478 e. The van der Waals surface area contributed by atoms with Crippen LogP contribution in [0.3, 0.4) is 0 Å². The number of aliphatic carboxylic acids is 1. The van der Waals surface area contributed by atoms with E-state index in [2.05, 4.69) is 6.92 Å². The van der Waals surface area contributed by atoms with Crippen molar-refractivity contribution in [2.24, 2.45) is 5.92 Å². The van der Waals surface area contributed by atoms with Gasteiger partial charge in [0.15, 0.2) is 0 Å². The Hall–Kier alpha value is -0.640. The molecule has 0 aliphatic heterocycles. The second-order valence-electron chi connectivity index (χ2n) is 5.51. The topological polar surface area (TPSA) is 54.4 Å². The summed E-state index contributed by atoms with van der Waals surface area (Å²) in [4.78, 5) is 12.0. The highest BCUT2D eigenvalue weighted by Gasteiger charge is 2.32. The monoisotopic (exact) mass is 270 g/mol. The molecule has 0 aromatic carbocycles. The molecule has 0 aromatic heterocycles. The van der Waals surface area contributed by atoms with Crippen molar-refractivity contribution in [3.05, 3.63) is 10.5 Å². The van der Waals surface area contributed by atoms with E-state index >= 15 is 0 Å². The van der Waals surface area contributed by atoms with Gasteiger partial charge in [-0.05, 0) is 44.4 Å². The van der Waals surface area contributed by atoms with Crippen LogP contribution < -0.4 is 0 Å². The van der Waals surface area contributed by atoms with Gasteiger partial charge >= 0.3 is 5.97 Å². The molecule has 3 atom stereocenters. The zero-order valence-electron chi connectivity index (χ0n) is 11.0. The number of rotatable bonds is 3. The highest BCUT2D eigenvalue weighted by atomic mass is 32.2. The van der Waals surface area contributed by atoms with E-state index in [0.29, 0.717) is 17.9 Å². The molecular formula is C14H22O3S. The Morgan fingerprint density at radius 3 is 2.50 bits per heavy atom. The number of hydrogen-bond donors (Lipinski definition) is 1. The van der Waals surface area contributed by atoms with Gasteiger partial charge in [0.1, 0.15) is 0 Å². The van der Waals surface area contributed by atoms with Gasteiger partial charge in [-0.15, -0.1) is 0 Å². The summed E-state index contributed by atoms with van der Waals surface area (Å²) < 4.78 is 12.7. The van der Waals surface area contributed by atoms with Crippen molar-refractivity contribution in [1.29, 1.82) is 0 Å². The fourth-order valence-corrected chi connectivity index (χ4v) is 5.19. The second-order valence-corrected chi connectivity index (χ2v) is 7.20. The van der Waals surface area contributed by atoms with E-state index in [1.54, 1.807) is 0 Å². The van der Waals surface area contributed by atoms with Crippen molar-refractivity contribution in [2.75, 3.05) is 0 Å². The first-order chi connectivity index (χ1) is 8.61. The van der Waals surface area contributed by atoms with Gasteiger partial charge in [-0.3, -0.25) is 4.21 Å². The molecule has 0 heterocycles. The first kappa shape index (κ1) is 13.8. The van der Waals surface area contributed by atoms with Crippen molar-refractivity contribution in [2.45, 2.75) is 63.5 Å². The third-order valence-electron chi connectivity index (χ3n) is 4.23. The van der Waals surface area contributed by atoms with E-state index in [1.807, 2.05) is 0 Å². The van der Waals surface area contributed by atoms with E-state index in [0.717, 1.165) is 43.4 Å². The molecule has 2 aliphatic rings. The van der Waals surface area contributed by atoms with Gasteiger partial charge in [0, 0.05) is 15.7 Å². The maximum Gasteiger partial charge on any atom is 0.332 e. The summed E-state index contributed by atoms with van der Waals surface area (Å²) in [7, 11) is -1.07. The molecule has 3 unspecified atom stereocenters. The SMILES string of the molecule is CC1CCCCC1S(=O)C1=C(C(=O)O)CCCC1. The molecule has 0 amide bonds. The maximum atomic E-state index is 12.7. The molecule has 0 bridgehead atoms. The molecule has 0 spiro atoms. The molecule has 102 valence electrons. The minimum absolute atomic E-state index is 0.182. The van der Waals surface area contributed by atoms with Gasteiger partial charge in [-0.1, -0.05) is 19.8 Å². The third-order valence-corrected chi connectivity index (χ3v) is 6.41. The number of hydrogen-bond acceptors (Lipinski definition) is 2. The summed E-state index contributed by atoms with van der Waals surface area (Å²) in [6.45, 7) is 2.16. The Morgan fingerprint density at radius 2 is 1.83 bits per heavy atom.